The highest BCUT2D eigenvalue weighted by Crippen LogP contribution is 2.23. The average molecular weight is 304 g/mol. The van der Waals surface area contributed by atoms with E-state index in [0.29, 0.717) is 21.9 Å². The number of anilines is 1. The molecule has 1 aromatic heterocycles. The maximum Gasteiger partial charge on any atom is 0.265 e. The van der Waals surface area contributed by atoms with Crippen LogP contribution in [0, 0.1) is 17.7 Å². The number of carbonyl (C=O) groups excluding carboxylic acids is 1. The predicted octanol–water partition coefficient (Wildman–Crippen LogP) is 2.46. The van der Waals surface area contributed by atoms with Crippen molar-refractivity contribution in [2.75, 3.05) is 19.0 Å². The van der Waals surface area contributed by atoms with Crippen molar-refractivity contribution in [3.63, 3.8) is 0 Å². The van der Waals surface area contributed by atoms with E-state index >= 15 is 0 Å². The third-order valence-corrected chi connectivity index (χ3v) is 3.50. The molecule has 1 amide bonds. The summed E-state index contributed by atoms with van der Waals surface area (Å²) in [5.74, 6) is 5.27. The Balaban J connectivity index is 2.24. The van der Waals surface area contributed by atoms with Gasteiger partial charge in [0.1, 0.15) is 11.6 Å². The molecule has 21 heavy (non-hydrogen) atoms. The molecule has 3 N–H and O–H groups in total. The number of nitrogens with one attached hydrogen (secondary N) is 1. The van der Waals surface area contributed by atoms with Gasteiger partial charge in [0.05, 0.1) is 29.8 Å². The predicted molar refractivity (Wildman–Crippen MR) is 81.2 cm³/mol. The van der Waals surface area contributed by atoms with E-state index < -0.39 is 5.82 Å². The van der Waals surface area contributed by atoms with Gasteiger partial charge in [-0.15, -0.1) is 11.3 Å². The summed E-state index contributed by atoms with van der Waals surface area (Å²) in [5.41, 5.74) is 6.13. The van der Waals surface area contributed by atoms with Crippen molar-refractivity contribution in [2.24, 2.45) is 5.73 Å². The minimum atomic E-state index is -0.424. The minimum absolute atomic E-state index is 0.159. The van der Waals surface area contributed by atoms with Crippen LogP contribution in [0.25, 0.3) is 0 Å². The first-order valence-corrected chi connectivity index (χ1v) is 6.94. The Hall–Kier alpha value is -2.36. The molecule has 0 aliphatic carbocycles. The summed E-state index contributed by atoms with van der Waals surface area (Å²) in [4.78, 5) is 12.6. The Bertz CT molecular complexity index is 716. The highest BCUT2D eigenvalue weighted by Gasteiger charge is 2.12. The molecule has 0 bridgehead atoms. The fourth-order valence-electron chi connectivity index (χ4n) is 1.60. The van der Waals surface area contributed by atoms with Gasteiger partial charge in [0.25, 0.3) is 5.91 Å². The lowest BCUT2D eigenvalue weighted by atomic mass is 10.1. The Morgan fingerprint density at radius 1 is 1.48 bits per heavy atom. The second-order valence-electron chi connectivity index (χ2n) is 4.00. The van der Waals surface area contributed by atoms with Crippen LogP contribution in [0.5, 0.6) is 5.75 Å². The first kappa shape index (κ1) is 15.0. The zero-order valence-corrected chi connectivity index (χ0v) is 12.1. The smallest absolute Gasteiger partial charge is 0.265 e. The molecule has 4 nitrogen and oxygen atoms in total. The molecule has 1 heterocycles. The van der Waals surface area contributed by atoms with Gasteiger partial charge in [-0.25, -0.2) is 4.39 Å². The molecule has 0 unspecified atom stereocenters. The zero-order chi connectivity index (χ0) is 15.2. The quantitative estimate of drug-likeness (QED) is 0.856. The van der Waals surface area contributed by atoms with Gasteiger partial charge in [0.15, 0.2) is 0 Å². The second kappa shape index (κ2) is 6.88. The van der Waals surface area contributed by atoms with Crippen LogP contribution in [0.15, 0.2) is 29.6 Å². The average Bonchev–Trinajstić information content (AvgIpc) is 2.96. The molecule has 108 valence electrons. The molecule has 1 aromatic carbocycles. The SMILES string of the molecule is COc1csc(C(=O)Nc2ccc(F)cc2C#CCN)c1. The third-order valence-electron chi connectivity index (χ3n) is 2.59. The van der Waals surface area contributed by atoms with Crippen molar-refractivity contribution in [2.45, 2.75) is 0 Å². The summed E-state index contributed by atoms with van der Waals surface area (Å²) in [6.45, 7) is 0.159. The van der Waals surface area contributed by atoms with Gasteiger partial charge in [-0.05, 0) is 18.2 Å². The Kier molecular flexibility index (Phi) is 4.93. The molecule has 0 aliphatic rings. The van der Waals surface area contributed by atoms with Crippen LogP contribution in [-0.2, 0) is 0 Å². The Morgan fingerprint density at radius 3 is 2.95 bits per heavy atom. The van der Waals surface area contributed by atoms with Crippen molar-refractivity contribution >= 4 is 22.9 Å². The van der Waals surface area contributed by atoms with Gasteiger partial charge in [-0.1, -0.05) is 11.8 Å². The van der Waals surface area contributed by atoms with E-state index in [1.807, 2.05) is 0 Å². The lowest BCUT2D eigenvalue weighted by molar-refractivity contribution is 0.103. The van der Waals surface area contributed by atoms with Crippen LogP contribution in [-0.4, -0.2) is 19.6 Å². The number of methoxy groups -OCH3 is 1. The van der Waals surface area contributed by atoms with Crippen LogP contribution in [0.1, 0.15) is 15.2 Å². The van der Waals surface area contributed by atoms with Gasteiger partial charge in [0.2, 0.25) is 0 Å². The number of nitrogens with two attached hydrogens (primary N) is 1. The lowest BCUT2D eigenvalue weighted by Gasteiger charge is -2.06. The third kappa shape index (κ3) is 3.81. The number of hydrogen-bond acceptors (Lipinski definition) is 4. The van der Waals surface area contributed by atoms with Crippen LogP contribution in [0.4, 0.5) is 10.1 Å². The van der Waals surface area contributed by atoms with E-state index in [2.05, 4.69) is 17.2 Å². The van der Waals surface area contributed by atoms with Crippen molar-refractivity contribution in [1.82, 2.24) is 0 Å². The molecule has 0 saturated heterocycles. The van der Waals surface area contributed by atoms with E-state index in [-0.39, 0.29) is 12.5 Å². The van der Waals surface area contributed by atoms with Crippen molar-refractivity contribution < 1.29 is 13.9 Å². The summed E-state index contributed by atoms with van der Waals surface area (Å²) in [7, 11) is 1.53. The molecular formula is C15H13FN2O2S. The number of halogens is 1. The highest BCUT2D eigenvalue weighted by molar-refractivity contribution is 7.12. The molecule has 0 spiro atoms. The monoisotopic (exact) mass is 304 g/mol. The Morgan fingerprint density at radius 2 is 2.29 bits per heavy atom. The highest BCUT2D eigenvalue weighted by atomic mass is 32.1. The van der Waals surface area contributed by atoms with Gasteiger partial charge < -0.3 is 15.8 Å². The van der Waals surface area contributed by atoms with Crippen LogP contribution < -0.4 is 15.8 Å². The zero-order valence-electron chi connectivity index (χ0n) is 11.3. The fraction of sp³-hybridized carbons (Fsp3) is 0.133. The summed E-state index contributed by atoms with van der Waals surface area (Å²) in [6, 6.07) is 5.62. The van der Waals surface area contributed by atoms with Crippen molar-refractivity contribution in [3.05, 3.63) is 45.9 Å². The lowest BCUT2D eigenvalue weighted by Crippen LogP contribution is -2.11. The van der Waals surface area contributed by atoms with Crippen molar-refractivity contribution in [1.29, 1.82) is 0 Å². The molecule has 6 heteroatoms. The number of carbonyl (C=O) groups is 1. The molecular weight excluding hydrogens is 291 g/mol. The summed E-state index contributed by atoms with van der Waals surface area (Å²) in [5, 5.41) is 4.44. The molecule has 2 aromatic rings. The van der Waals surface area contributed by atoms with Crippen molar-refractivity contribution in [3.8, 4) is 17.6 Å². The molecule has 2 rings (SSSR count). The van der Waals surface area contributed by atoms with E-state index in [0.717, 1.165) is 0 Å². The second-order valence-corrected chi connectivity index (χ2v) is 4.91. The number of ether oxygens (including phenoxy) is 1. The molecule has 0 aliphatic heterocycles. The standard InChI is InChI=1S/C15H13FN2O2S/c1-20-12-8-14(21-9-12)15(19)18-13-5-4-11(16)7-10(13)3-2-6-17/h4-5,7-9H,6,17H2,1H3,(H,18,19). The van der Waals surface area contributed by atoms with Gasteiger partial charge in [-0.2, -0.15) is 0 Å². The van der Waals surface area contributed by atoms with Crippen LogP contribution in [0.3, 0.4) is 0 Å². The van der Waals surface area contributed by atoms with E-state index in [9.17, 15) is 9.18 Å². The first-order chi connectivity index (χ1) is 10.1. The number of benzene rings is 1. The number of thiophene rings is 1. The van der Waals surface area contributed by atoms with E-state index in [4.69, 9.17) is 10.5 Å². The molecule has 0 atom stereocenters. The summed E-state index contributed by atoms with van der Waals surface area (Å²) < 4.78 is 18.3. The van der Waals surface area contributed by atoms with Crippen LogP contribution >= 0.6 is 11.3 Å². The van der Waals surface area contributed by atoms with Gasteiger partial charge in [0, 0.05) is 11.4 Å². The topological polar surface area (TPSA) is 64.3 Å². The molecule has 0 radical (unpaired) electrons. The molecule has 0 fully saturated rings. The maximum absolute atomic E-state index is 13.3. The number of hydrogen-bond donors (Lipinski definition) is 2. The maximum atomic E-state index is 13.3. The normalized spacial score (nSPS) is 9.67. The van der Waals surface area contributed by atoms with Gasteiger partial charge in [-0.3, -0.25) is 4.79 Å². The van der Waals surface area contributed by atoms with Gasteiger partial charge >= 0.3 is 0 Å². The first-order valence-electron chi connectivity index (χ1n) is 6.06. The van der Waals surface area contributed by atoms with E-state index in [1.54, 1.807) is 11.4 Å². The summed E-state index contributed by atoms with van der Waals surface area (Å²) in [6.07, 6.45) is 0. The number of amides is 1. The molecule has 0 saturated carbocycles. The largest absolute Gasteiger partial charge is 0.496 e. The number of rotatable bonds is 3. The fourth-order valence-corrected chi connectivity index (χ4v) is 2.35. The van der Waals surface area contributed by atoms with E-state index in [1.165, 1.54) is 36.6 Å². The summed E-state index contributed by atoms with van der Waals surface area (Å²) >= 11 is 1.26. The minimum Gasteiger partial charge on any atom is -0.496 e. The van der Waals surface area contributed by atoms with Crippen LogP contribution in [0.2, 0.25) is 0 Å². The Labute approximate surface area is 125 Å².